The van der Waals surface area contributed by atoms with Crippen molar-refractivity contribution in [1.29, 1.82) is 0 Å². The zero-order valence-electron chi connectivity index (χ0n) is 10.9. The minimum Gasteiger partial charge on any atom is -0.444 e. The Morgan fingerprint density at radius 1 is 1.44 bits per heavy atom. The number of hydrogen-bond donors (Lipinski definition) is 0. The summed E-state index contributed by atoms with van der Waals surface area (Å²) in [6.45, 7) is 6.82. The topological polar surface area (TPSA) is 42.4 Å². The highest BCUT2D eigenvalue weighted by molar-refractivity contribution is 9.10. The summed E-state index contributed by atoms with van der Waals surface area (Å²) in [4.78, 5) is 18.1. The summed E-state index contributed by atoms with van der Waals surface area (Å²) in [6, 6.07) is 3.99. The van der Waals surface area contributed by atoms with E-state index >= 15 is 0 Å². The molecule has 0 N–H and O–H groups in total. The number of halogens is 1. The molecule has 0 aliphatic carbocycles. The number of carbonyl (C=O) groups excluding carboxylic acids is 1. The molecule has 4 nitrogen and oxygen atoms in total. The molecule has 0 radical (unpaired) electrons. The number of carbonyl (C=O) groups is 1. The van der Waals surface area contributed by atoms with Crippen molar-refractivity contribution in [2.24, 2.45) is 0 Å². The van der Waals surface area contributed by atoms with E-state index in [0.29, 0.717) is 13.1 Å². The van der Waals surface area contributed by atoms with E-state index in [0.717, 1.165) is 16.7 Å². The molecule has 0 aromatic carbocycles. The molecule has 0 unspecified atom stereocenters. The third-order valence-corrected chi connectivity index (χ3v) is 3.12. The van der Waals surface area contributed by atoms with Gasteiger partial charge in [-0.25, -0.2) is 9.78 Å². The number of rotatable bonds is 0. The van der Waals surface area contributed by atoms with Crippen molar-refractivity contribution in [1.82, 2.24) is 9.88 Å². The van der Waals surface area contributed by atoms with Crippen molar-refractivity contribution < 1.29 is 9.53 Å². The Labute approximate surface area is 115 Å². The second-order valence-corrected chi connectivity index (χ2v) is 6.20. The molecule has 5 heteroatoms. The lowest BCUT2D eigenvalue weighted by atomic mass is 10.1. The molecule has 18 heavy (non-hydrogen) atoms. The Morgan fingerprint density at radius 2 is 2.17 bits per heavy atom. The molecule has 2 rings (SSSR count). The molecule has 0 atom stereocenters. The van der Waals surface area contributed by atoms with Crippen LogP contribution in [0.2, 0.25) is 0 Å². The van der Waals surface area contributed by atoms with Gasteiger partial charge in [0.1, 0.15) is 10.2 Å². The molecule has 0 bridgehead atoms. The van der Waals surface area contributed by atoms with Gasteiger partial charge in [-0.05, 0) is 54.8 Å². The molecule has 1 aliphatic rings. The molecule has 1 aromatic heterocycles. The summed E-state index contributed by atoms with van der Waals surface area (Å²) in [6.07, 6.45) is 0.560. The van der Waals surface area contributed by atoms with Crippen molar-refractivity contribution in [3.05, 3.63) is 28.0 Å². The molecule has 98 valence electrons. The quantitative estimate of drug-likeness (QED) is 0.691. The Bertz CT molecular complexity index is 469. The second-order valence-electron chi connectivity index (χ2n) is 5.39. The van der Waals surface area contributed by atoms with Crippen LogP contribution in [0.5, 0.6) is 0 Å². The van der Waals surface area contributed by atoms with Crippen LogP contribution in [0.15, 0.2) is 16.7 Å². The SMILES string of the molecule is CC(C)(C)OC(=O)N1CCc2ccc(Br)nc2C1. The highest BCUT2D eigenvalue weighted by atomic mass is 79.9. The van der Waals surface area contributed by atoms with Gasteiger partial charge in [0.05, 0.1) is 12.2 Å². The zero-order valence-corrected chi connectivity index (χ0v) is 12.5. The first-order valence-corrected chi connectivity index (χ1v) is 6.77. The summed E-state index contributed by atoms with van der Waals surface area (Å²) in [5, 5.41) is 0. The molecule has 0 fully saturated rings. The van der Waals surface area contributed by atoms with Gasteiger partial charge in [-0.2, -0.15) is 0 Å². The number of pyridine rings is 1. The summed E-state index contributed by atoms with van der Waals surface area (Å²) in [5.41, 5.74) is 1.70. The van der Waals surface area contributed by atoms with Gasteiger partial charge in [-0.1, -0.05) is 6.07 Å². The zero-order chi connectivity index (χ0) is 13.3. The number of amides is 1. The van der Waals surface area contributed by atoms with Gasteiger partial charge in [-0.3, -0.25) is 0 Å². The molecule has 1 aromatic rings. The van der Waals surface area contributed by atoms with Crippen molar-refractivity contribution in [2.75, 3.05) is 6.54 Å². The Hall–Kier alpha value is -1.10. The van der Waals surface area contributed by atoms with Crippen LogP contribution in [0.4, 0.5) is 4.79 Å². The van der Waals surface area contributed by atoms with Crippen molar-refractivity contribution in [3.8, 4) is 0 Å². The molecule has 1 amide bonds. The first kappa shape index (κ1) is 13.3. The summed E-state index contributed by atoms with van der Waals surface area (Å²) in [7, 11) is 0. The smallest absolute Gasteiger partial charge is 0.410 e. The molecular weight excluding hydrogens is 296 g/mol. The number of nitrogens with zero attached hydrogens (tertiary/aromatic N) is 2. The highest BCUT2D eigenvalue weighted by Crippen LogP contribution is 2.21. The number of fused-ring (bicyclic) bond motifs is 1. The third kappa shape index (κ3) is 3.22. The van der Waals surface area contributed by atoms with Crippen molar-refractivity contribution >= 4 is 22.0 Å². The maximum Gasteiger partial charge on any atom is 0.410 e. The molecule has 0 spiro atoms. The average molecular weight is 313 g/mol. The van der Waals surface area contributed by atoms with Gasteiger partial charge in [0.25, 0.3) is 0 Å². The van der Waals surface area contributed by atoms with E-state index < -0.39 is 5.60 Å². The maximum atomic E-state index is 12.0. The van der Waals surface area contributed by atoms with Crippen molar-refractivity contribution in [3.63, 3.8) is 0 Å². The predicted octanol–water partition coefficient (Wildman–Crippen LogP) is 3.14. The Kier molecular flexibility index (Phi) is 3.61. The lowest BCUT2D eigenvalue weighted by Gasteiger charge is -2.30. The van der Waals surface area contributed by atoms with E-state index in [2.05, 4.69) is 27.0 Å². The van der Waals surface area contributed by atoms with Gasteiger partial charge in [0.15, 0.2) is 0 Å². The van der Waals surface area contributed by atoms with E-state index in [4.69, 9.17) is 4.74 Å². The van der Waals surface area contributed by atoms with E-state index in [-0.39, 0.29) is 6.09 Å². The van der Waals surface area contributed by atoms with E-state index in [9.17, 15) is 4.79 Å². The standard InChI is InChI=1S/C13H17BrN2O2/c1-13(2,3)18-12(17)16-7-6-9-4-5-11(14)15-10(9)8-16/h4-5H,6-8H2,1-3H3. The van der Waals surface area contributed by atoms with Crippen LogP contribution in [0.3, 0.4) is 0 Å². The van der Waals surface area contributed by atoms with Crippen molar-refractivity contribution in [2.45, 2.75) is 39.3 Å². The number of aromatic nitrogens is 1. The summed E-state index contributed by atoms with van der Waals surface area (Å²) >= 11 is 3.35. The minimum absolute atomic E-state index is 0.269. The molecule has 0 saturated heterocycles. The Balaban J connectivity index is 2.09. The number of hydrogen-bond acceptors (Lipinski definition) is 3. The normalized spacial score (nSPS) is 15.2. The maximum absolute atomic E-state index is 12.0. The van der Waals surface area contributed by atoms with Crippen LogP contribution in [0.25, 0.3) is 0 Å². The second kappa shape index (κ2) is 4.88. The summed E-state index contributed by atoms with van der Waals surface area (Å²) in [5.74, 6) is 0. The molecule has 2 heterocycles. The van der Waals surface area contributed by atoms with Crippen LogP contribution in [0.1, 0.15) is 32.0 Å². The van der Waals surface area contributed by atoms with E-state index in [1.807, 2.05) is 26.8 Å². The number of ether oxygens (including phenoxy) is 1. The molecule has 0 saturated carbocycles. The Morgan fingerprint density at radius 3 is 2.83 bits per heavy atom. The van der Waals surface area contributed by atoms with Crippen LogP contribution >= 0.6 is 15.9 Å². The van der Waals surface area contributed by atoms with Gasteiger partial charge < -0.3 is 9.64 Å². The van der Waals surface area contributed by atoms with Crippen LogP contribution in [-0.2, 0) is 17.7 Å². The van der Waals surface area contributed by atoms with Crippen LogP contribution < -0.4 is 0 Å². The lowest BCUT2D eigenvalue weighted by molar-refractivity contribution is 0.0221. The molecular formula is C13H17BrN2O2. The monoisotopic (exact) mass is 312 g/mol. The predicted molar refractivity (Wildman–Crippen MR) is 72.3 cm³/mol. The summed E-state index contributed by atoms with van der Waals surface area (Å²) < 4.78 is 6.17. The fraction of sp³-hybridized carbons (Fsp3) is 0.538. The fourth-order valence-corrected chi connectivity index (χ4v) is 2.21. The van der Waals surface area contributed by atoms with Gasteiger partial charge >= 0.3 is 6.09 Å². The first-order valence-electron chi connectivity index (χ1n) is 5.97. The van der Waals surface area contributed by atoms with Gasteiger partial charge in [-0.15, -0.1) is 0 Å². The largest absolute Gasteiger partial charge is 0.444 e. The molecule has 1 aliphatic heterocycles. The van der Waals surface area contributed by atoms with Gasteiger partial charge in [0.2, 0.25) is 0 Å². The first-order chi connectivity index (χ1) is 8.35. The highest BCUT2D eigenvalue weighted by Gasteiger charge is 2.26. The minimum atomic E-state index is -0.456. The van der Waals surface area contributed by atoms with Gasteiger partial charge in [0, 0.05) is 6.54 Å². The lowest BCUT2D eigenvalue weighted by Crippen LogP contribution is -2.40. The fourth-order valence-electron chi connectivity index (χ4n) is 1.87. The van der Waals surface area contributed by atoms with E-state index in [1.165, 1.54) is 5.56 Å². The van der Waals surface area contributed by atoms with E-state index in [1.54, 1.807) is 4.90 Å². The van der Waals surface area contributed by atoms with Crippen LogP contribution in [0, 0.1) is 0 Å². The van der Waals surface area contributed by atoms with Crippen LogP contribution in [-0.4, -0.2) is 28.1 Å². The average Bonchev–Trinajstić information content (AvgIpc) is 2.25. The third-order valence-electron chi connectivity index (χ3n) is 2.68.